The topological polar surface area (TPSA) is 84.5 Å². The normalized spacial score (nSPS) is 11.8. The molecule has 0 atom stereocenters. The number of amides is 1. The third-order valence-corrected chi connectivity index (χ3v) is 6.46. The van der Waals surface area contributed by atoms with Gasteiger partial charge in [0.25, 0.3) is 0 Å². The predicted molar refractivity (Wildman–Crippen MR) is 123 cm³/mol. The van der Waals surface area contributed by atoms with Crippen molar-refractivity contribution in [2.75, 3.05) is 11.9 Å². The number of para-hydroxylation sites is 1. The molecule has 3 aromatic carbocycles. The van der Waals surface area contributed by atoms with E-state index in [0.29, 0.717) is 16.8 Å². The van der Waals surface area contributed by atoms with Crippen LogP contribution in [0.4, 0.5) is 18.9 Å². The summed E-state index contributed by atoms with van der Waals surface area (Å²) in [6.07, 6.45) is -4.88. The van der Waals surface area contributed by atoms with Crippen LogP contribution in [0.2, 0.25) is 5.02 Å². The first kappa shape index (κ1) is 25.5. The Morgan fingerprint density at radius 2 is 1.68 bits per heavy atom. The highest BCUT2D eigenvalue weighted by molar-refractivity contribution is 7.89. The number of ether oxygens (including phenoxy) is 1. The molecule has 3 aromatic rings. The molecule has 0 aliphatic heterocycles. The second-order valence-corrected chi connectivity index (χ2v) is 9.28. The van der Waals surface area contributed by atoms with Crippen LogP contribution in [-0.2, 0) is 21.2 Å². The second kappa shape index (κ2) is 10.5. The maximum Gasteiger partial charge on any atom is 0.573 e. The highest BCUT2D eigenvalue weighted by Crippen LogP contribution is 2.38. The fourth-order valence-corrected chi connectivity index (χ4v) is 4.49. The van der Waals surface area contributed by atoms with Gasteiger partial charge in [0.1, 0.15) is 5.75 Å². The molecule has 6 nitrogen and oxygen atoms in total. The number of hydrogen-bond acceptors (Lipinski definition) is 4. The van der Waals surface area contributed by atoms with Crippen molar-refractivity contribution in [3.63, 3.8) is 0 Å². The summed E-state index contributed by atoms with van der Waals surface area (Å²) in [6, 6.07) is 15.9. The third-order valence-electron chi connectivity index (χ3n) is 4.59. The first-order valence-corrected chi connectivity index (χ1v) is 11.9. The average molecular weight is 513 g/mol. The zero-order chi connectivity index (χ0) is 24.9. The van der Waals surface area contributed by atoms with Gasteiger partial charge < -0.3 is 10.1 Å². The number of anilines is 1. The molecule has 0 heterocycles. The predicted octanol–water partition coefficient (Wildman–Crippen LogP) is 5.39. The van der Waals surface area contributed by atoms with Gasteiger partial charge in [-0.25, -0.2) is 13.1 Å². The van der Waals surface area contributed by atoms with Crippen LogP contribution in [-0.4, -0.2) is 27.2 Å². The van der Waals surface area contributed by atoms with Crippen LogP contribution >= 0.6 is 11.6 Å². The molecule has 1 amide bonds. The highest BCUT2D eigenvalue weighted by atomic mass is 35.5. The van der Waals surface area contributed by atoms with E-state index in [1.54, 1.807) is 13.0 Å². The molecule has 0 bridgehead atoms. The van der Waals surface area contributed by atoms with Crippen LogP contribution in [0.5, 0.6) is 5.75 Å². The van der Waals surface area contributed by atoms with E-state index in [-0.39, 0.29) is 34.4 Å². The smallest absolute Gasteiger partial charge is 0.405 e. The summed E-state index contributed by atoms with van der Waals surface area (Å²) in [4.78, 5) is 12.5. The van der Waals surface area contributed by atoms with Gasteiger partial charge in [-0.1, -0.05) is 54.9 Å². The summed E-state index contributed by atoms with van der Waals surface area (Å²) in [5, 5.41) is 2.78. The molecule has 34 heavy (non-hydrogen) atoms. The number of carbonyl (C=O) groups excluding carboxylic acids is 1. The summed E-state index contributed by atoms with van der Waals surface area (Å²) in [7, 11) is -3.59. The van der Waals surface area contributed by atoms with E-state index in [1.165, 1.54) is 60.7 Å². The minimum Gasteiger partial charge on any atom is -0.405 e. The molecule has 0 aliphatic carbocycles. The van der Waals surface area contributed by atoms with Crippen molar-refractivity contribution in [2.24, 2.45) is 0 Å². The van der Waals surface area contributed by atoms with Gasteiger partial charge in [-0.05, 0) is 35.9 Å². The van der Waals surface area contributed by atoms with Gasteiger partial charge in [-0.3, -0.25) is 4.79 Å². The Labute approximate surface area is 199 Å². The van der Waals surface area contributed by atoms with Gasteiger partial charge in [-0.15, -0.1) is 13.2 Å². The highest BCUT2D eigenvalue weighted by Gasteiger charge is 2.32. The average Bonchev–Trinajstić information content (AvgIpc) is 2.74. The second-order valence-electron chi connectivity index (χ2n) is 7.11. The van der Waals surface area contributed by atoms with E-state index in [0.717, 1.165) is 0 Å². The third kappa shape index (κ3) is 6.72. The van der Waals surface area contributed by atoms with Gasteiger partial charge in [0.05, 0.1) is 16.3 Å². The molecule has 3 rings (SSSR count). The number of hydrogen-bond donors (Lipinski definition) is 2. The fourth-order valence-electron chi connectivity index (χ4n) is 3.16. The molecule has 0 unspecified atom stereocenters. The fraction of sp³-hybridized carbons (Fsp3) is 0.174. The standard InChI is InChI=1S/C23H20ClF3N2O4S/c1-2-28-34(31,32)17-10-7-15(8-11-17)13-22(30)29-16-9-12-18(20(24)14-16)19-5-3-4-6-21(19)33-23(25,26)27/h3-12,14,28H,2,13H2,1H3,(H,29,30). The van der Waals surface area contributed by atoms with Gasteiger partial charge in [0.15, 0.2) is 0 Å². The monoisotopic (exact) mass is 512 g/mol. The lowest BCUT2D eigenvalue weighted by atomic mass is 10.0. The van der Waals surface area contributed by atoms with Crippen LogP contribution in [0.15, 0.2) is 71.6 Å². The Morgan fingerprint density at radius 3 is 2.29 bits per heavy atom. The van der Waals surface area contributed by atoms with Crippen molar-refractivity contribution in [3.8, 4) is 16.9 Å². The molecule has 11 heteroatoms. The molecular formula is C23H20ClF3N2O4S. The van der Waals surface area contributed by atoms with Gasteiger partial charge in [-0.2, -0.15) is 0 Å². The van der Waals surface area contributed by atoms with E-state index in [2.05, 4.69) is 14.8 Å². The molecular weight excluding hydrogens is 493 g/mol. The molecule has 0 fully saturated rings. The number of sulfonamides is 1. The van der Waals surface area contributed by atoms with E-state index in [4.69, 9.17) is 11.6 Å². The van der Waals surface area contributed by atoms with Gasteiger partial charge in [0.2, 0.25) is 15.9 Å². The van der Waals surface area contributed by atoms with Crippen molar-refractivity contribution >= 4 is 33.2 Å². The minimum absolute atomic E-state index is 0.0246. The summed E-state index contributed by atoms with van der Waals surface area (Å²) < 4.78 is 68.6. The zero-order valence-corrected chi connectivity index (χ0v) is 19.4. The van der Waals surface area contributed by atoms with Gasteiger partial charge >= 0.3 is 6.36 Å². The lowest BCUT2D eigenvalue weighted by molar-refractivity contribution is -0.274. The number of benzene rings is 3. The van der Waals surface area contributed by atoms with E-state index in [9.17, 15) is 26.4 Å². The Hall–Kier alpha value is -3.08. The van der Waals surface area contributed by atoms with Crippen molar-refractivity contribution in [3.05, 3.63) is 77.3 Å². The number of halogens is 4. The molecule has 0 radical (unpaired) electrons. The number of carbonyl (C=O) groups is 1. The Balaban J connectivity index is 1.71. The van der Waals surface area contributed by atoms with Crippen LogP contribution in [0.25, 0.3) is 11.1 Å². The first-order chi connectivity index (χ1) is 16.0. The SMILES string of the molecule is CCNS(=O)(=O)c1ccc(CC(=O)Nc2ccc(-c3ccccc3OC(F)(F)F)c(Cl)c2)cc1. The number of nitrogens with one attached hydrogen (secondary N) is 2. The van der Waals surface area contributed by atoms with Crippen LogP contribution in [0.3, 0.4) is 0 Å². The van der Waals surface area contributed by atoms with Crippen molar-refractivity contribution in [1.29, 1.82) is 0 Å². The molecule has 0 saturated carbocycles. The Bertz CT molecular complexity index is 1280. The van der Waals surface area contributed by atoms with E-state index >= 15 is 0 Å². The van der Waals surface area contributed by atoms with Crippen LogP contribution < -0.4 is 14.8 Å². The first-order valence-electron chi connectivity index (χ1n) is 10.0. The molecule has 0 aliphatic rings. The minimum atomic E-state index is -4.86. The zero-order valence-electron chi connectivity index (χ0n) is 17.8. The quantitative estimate of drug-likeness (QED) is 0.424. The lowest BCUT2D eigenvalue weighted by Gasteiger charge is -2.15. The van der Waals surface area contributed by atoms with Gasteiger partial charge in [0, 0.05) is 23.4 Å². The summed E-state index contributed by atoms with van der Waals surface area (Å²) in [5.74, 6) is -0.778. The molecule has 0 aromatic heterocycles. The molecule has 0 spiro atoms. The Kier molecular flexibility index (Phi) is 7.86. The molecule has 180 valence electrons. The van der Waals surface area contributed by atoms with Crippen molar-refractivity contribution in [1.82, 2.24) is 4.72 Å². The van der Waals surface area contributed by atoms with E-state index in [1.807, 2.05) is 0 Å². The van der Waals surface area contributed by atoms with Crippen molar-refractivity contribution < 1.29 is 31.1 Å². The maximum atomic E-state index is 12.7. The summed E-state index contributed by atoms with van der Waals surface area (Å²) in [6.45, 7) is 1.93. The number of rotatable bonds is 8. The van der Waals surface area contributed by atoms with Crippen LogP contribution in [0, 0.1) is 0 Å². The lowest BCUT2D eigenvalue weighted by Crippen LogP contribution is -2.23. The van der Waals surface area contributed by atoms with Crippen molar-refractivity contribution in [2.45, 2.75) is 24.6 Å². The largest absolute Gasteiger partial charge is 0.573 e. The number of alkyl halides is 3. The summed E-state index contributed by atoms with van der Waals surface area (Å²) >= 11 is 6.29. The maximum absolute atomic E-state index is 12.7. The molecule has 2 N–H and O–H groups in total. The van der Waals surface area contributed by atoms with E-state index < -0.39 is 22.1 Å². The van der Waals surface area contributed by atoms with Crippen LogP contribution in [0.1, 0.15) is 12.5 Å². The Morgan fingerprint density at radius 1 is 1.00 bits per heavy atom. The molecule has 0 saturated heterocycles. The summed E-state index contributed by atoms with van der Waals surface area (Å²) in [5.41, 5.74) is 1.39.